The number of aliphatic hydroxyl groups is 1. The Kier molecular flexibility index (Phi) is 5.66. The molecule has 0 aromatic carbocycles. The van der Waals surface area contributed by atoms with Crippen molar-refractivity contribution in [2.24, 2.45) is 0 Å². The molecule has 100 valence electrons. The molecule has 18 heavy (non-hydrogen) atoms. The van der Waals surface area contributed by atoms with Crippen molar-refractivity contribution in [3.05, 3.63) is 21.9 Å². The van der Waals surface area contributed by atoms with Crippen molar-refractivity contribution in [1.29, 1.82) is 0 Å². The quantitative estimate of drug-likeness (QED) is 0.855. The second-order valence-corrected chi connectivity index (χ2v) is 4.86. The summed E-state index contributed by atoms with van der Waals surface area (Å²) in [5.41, 5.74) is 0.785. The average Bonchev–Trinajstić information content (AvgIpc) is 2.70. The van der Waals surface area contributed by atoms with E-state index in [4.69, 9.17) is 5.11 Å². The maximum atomic E-state index is 12.0. The second-order valence-electron chi connectivity index (χ2n) is 3.86. The van der Waals surface area contributed by atoms with E-state index in [0.717, 1.165) is 10.4 Å². The Morgan fingerprint density at radius 3 is 2.78 bits per heavy atom. The summed E-state index contributed by atoms with van der Waals surface area (Å²) in [4.78, 5) is 2.59. The van der Waals surface area contributed by atoms with Crippen LogP contribution >= 0.6 is 11.3 Å². The lowest BCUT2D eigenvalue weighted by Crippen LogP contribution is -2.23. The molecule has 0 fully saturated rings. The Hall–Kier alpha value is -1.03. The molecule has 1 aromatic heterocycles. The molecule has 0 spiro atoms. The molecular formula is C12H14F3NOS. The van der Waals surface area contributed by atoms with Gasteiger partial charge in [-0.1, -0.05) is 11.8 Å². The molecule has 1 rings (SSSR count). The third-order valence-corrected chi connectivity index (χ3v) is 3.09. The summed E-state index contributed by atoms with van der Waals surface area (Å²) in [6, 6.07) is 1.83. The van der Waals surface area contributed by atoms with Crippen LogP contribution in [0, 0.1) is 11.8 Å². The maximum Gasteiger partial charge on any atom is 0.390 e. The fourth-order valence-electron chi connectivity index (χ4n) is 1.33. The van der Waals surface area contributed by atoms with E-state index in [2.05, 4.69) is 11.8 Å². The zero-order chi connectivity index (χ0) is 13.6. The molecule has 0 unspecified atom stereocenters. The molecule has 0 aliphatic carbocycles. The first-order valence-electron chi connectivity index (χ1n) is 5.33. The van der Waals surface area contributed by atoms with Crippen LogP contribution in [0.2, 0.25) is 0 Å². The summed E-state index contributed by atoms with van der Waals surface area (Å²) in [6.07, 6.45) is -4.91. The number of hydrogen-bond donors (Lipinski definition) is 1. The number of hydrogen-bond acceptors (Lipinski definition) is 3. The molecule has 0 radical (unpaired) electrons. The van der Waals surface area contributed by atoms with Gasteiger partial charge in [-0.05, 0) is 13.1 Å². The lowest BCUT2D eigenvalue weighted by atomic mass is 10.3. The maximum absolute atomic E-state index is 12.0. The van der Waals surface area contributed by atoms with Gasteiger partial charge in [0.25, 0.3) is 0 Å². The molecule has 0 bridgehead atoms. The van der Waals surface area contributed by atoms with Gasteiger partial charge in [-0.3, -0.25) is 0 Å². The third kappa shape index (κ3) is 6.05. The summed E-state index contributed by atoms with van der Waals surface area (Å²) in [6.45, 7) is 0.261. The van der Waals surface area contributed by atoms with Crippen molar-refractivity contribution < 1.29 is 18.3 Å². The van der Waals surface area contributed by atoms with Crippen LogP contribution in [-0.2, 0) is 6.54 Å². The lowest BCUT2D eigenvalue weighted by Gasteiger charge is -2.16. The van der Waals surface area contributed by atoms with E-state index in [1.54, 1.807) is 11.9 Å². The fraction of sp³-hybridized carbons (Fsp3) is 0.500. The smallest absolute Gasteiger partial charge is 0.384 e. The van der Waals surface area contributed by atoms with Gasteiger partial charge in [-0.25, -0.2) is 0 Å². The molecule has 0 amide bonds. The van der Waals surface area contributed by atoms with Crippen LogP contribution in [-0.4, -0.2) is 36.4 Å². The van der Waals surface area contributed by atoms with Crippen molar-refractivity contribution in [1.82, 2.24) is 4.90 Å². The largest absolute Gasteiger partial charge is 0.390 e. The van der Waals surface area contributed by atoms with Crippen molar-refractivity contribution in [3.8, 4) is 11.8 Å². The van der Waals surface area contributed by atoms with Crippen LogP contribution in [0.15, 0.2) is 11.4 Å². The van der Waals surface area contributed by atoms with Gasteiger partial charge in [-0.15, -0.1) is 11.3 Å². The van der Waals surface area contributed by atoms with Gasteiger partial charge in [0.15, 0.2) is 0 Å². The van der Waals surface area contributed by atoms with Crippen molar-refractivity contribution in [2.75, 3.05) is 20.2 Å². The van der Waals surface area contributed by atoms with Crippen molar-refractivity contribution in [3.63, 3.8) is 0 Å². The van der Waals surface area contributed by atoms with Crippen LogP contribution in [0.25, 0.3) is 0 Å². The topological polar surface area (TPSA) is 23.5 Å². The average molecular weight is 277 g/mol. The molecule has 6 heteroatoms. The number of halogens is 3. The molecule has 0 atom stereocenters. The van der Waals surface area contributed by atoms with E-state index in [0.29, 0.717) is 6.54 Å². The zero-order valence-electron chi connectivity index (χ0n) is 9.92. The van der Waals surface area contributed by atoms with Gasteiger partial charge in [-0.2, -0.15) is 13.2 Å². The monoisotopic (exact) mass is 277 g/mol. The van der Waals surface area contributed by atoms with E-state index in [1.807, 2.05) is 11.4 Å². The Morgan fingerprint density at radius 2 is 2.17 bits per heavy atom. The Morgan fingerprint density at radius 1 is 1.44 bits per heavy atom. The van der Waals surface area contributed by atoms with E-state index in [-0.39, 0.29) is 13.2 Å². The molecule has 0 aliphatic heterocycles. The highest BCUT2D eigenvalue weighted by atomic mass is 32.1. The van der Waals surface area contributed by atoms with Gasteiger partial charge in [0.2, 0.25) is 0 Å². The Bertz CT molecular complexity index is 431. The fourth-order valence-corrected chi connectivity index (χ4v) is 2.23. The minimum Gasteiger partial charge on any atom is -0.384 e. The number of nitrogens with zero attached hydrogens (tertiary/aromatic N) is 1. The number of thiophene rings is 1. The number of alkyl halides is 3. The first-order valence-corrected chi connectivity index (χ1v) is 6.21. The molecule has 1 N–H and O–H groups in total. The minimum absolute atomic E-state index is 0.0148. The highest BCUT2D eigenvalue weighted by molar-refractivity contribution is 7.10. The summed E-state index contributed by atoms with van der Waals surface area (Å²) in [5.74, 6) is 5.28. The first-order chi connectivity index (χ1) is 8.40. The number of aliphatic hydroxyl groups excluding tert-OH is 1. The first kappa shape index (κ1) is 15.0. The number of rotatable bonds is 4. The van der Waals surface area contributed by atoms with E-state index >= 15 is 0 Å². The SMILES string of the molecule is CN(CCC(F)(F)F)Cc1cc(C#CCO)cs1. The van der Waals surface area contributed by atoms with Crippen LogP contribution in [0.3, 0.4) is 0 Å². The molecule has 2 nitrogen and oxygen atoms in total. The highest BCUT2D eigenvalue weighted by Crippen LogP contribution is 2.21. The van der Waals surface area contributed by atoms with Gasteiger partial charge < -0.3 is 10.0 Å². The molecule has 1 heterocycles. The Labute approximate surface area is 108 Å². The predicted molar refractivity (Wildman–Crippen MR) is 65.3 cm³/mol. The standard InChI is InChI=1S/C12H14F3NOS/c1-16(5-4-12(13,14)15)8-11-7-10(9-18-11)3-2-6-17/h7,9,17H,4-6,8H2,1H3. The molecule has 0 aliphatic rings. The summed E-state index contributed by atoms with van der Waals surface area (Å²) < 4.78 is 36.1. The zero-order valence-corrected chi connectivity index (χ0v) is 10.7. The normalized spacial score (nSPS) is 11.4. The second kappa shape index (κ2) is 6.78. The van der Waals surface area contributed by atoms with Crippen molar-refractivity contribution >= 4 is 11.3 Å². The van der Waals surface area contributed by atoms with Gasteiger partial charge in [0.05, 0.1) is 6.42 Å². The van der Waals surface area contributed by atoms with Crippen LogP contribution in [0.1, 0.15) is 16.9 Å². The van der Waals surface area contributed by atoms with Gasteiger partial charge >= 0.3 is 6.18 Å². The third-order valence-electron chi connectivity index (χ3n) is 2.17. The van der Waals surface area contributed by atoms with E-state index < -0.39 is 12.6 Å². The summed E-state index contributed by atoms with van der Waals surface area (Å²) in [5, 5.41) is 10.4. The van der Waals surface area contributed by atoms with E-state index in [9.17, 15) is 13.2 Å². The lowest BCUT2D eigenvalue weighted by molar-refractivity contribution is -0.137. The molecule has 0 saturated heterocycles. The minimum atomic E-state index is -4.11. The van der Waals surface area contributed by atoms with Crippen LogP contribution in [0.4, 0.5) is 13.2 Å². The summed E-state index contributed by atoms with van der Waals surface area (Å²) >= 11 is 1.45. The summed E-state index contributed by atoms with van der Waals surface area (Å²) in [7, 11) is 1.66. The van der Waals surface area contributed by atoms with Crippen LogP contribution in [0.5, 0.6) is 0 Å². The Balaban J connectivity index is 2.44. The molecular weight excluding hydrogens is 263 g/mol. The van der Waals surface area contributed by atoms with Gasteiger partial charge in [0.1, 0.15) is 6.61 Å². The van der Waals surface area contributed by atoms with Crippen molar-refractivity contribution in [2.45, 2.75) is 19.1 Å². The predicted octanol–water partition coefficient (Wildman–Crippen LogP) is 2.48. The van der Waals surface area contributed by atoms with Gasteiger partial charge in [0, 0.05) is 28.9 Å². The van der Waals surface area contributed by atoms with Crippen LogP contribution < -0.4 is 0 Å². The molecule has 0 saturated carbocycles. The molecule has 1 aromatic rings. The highest BCUT2D eigenvalue weighted by Gasteiger charge is 2.27. The van der Waals surface area contributed by atoms with E-state index in [1.165, 1.54) is 11.3 Å².